The fraction of sp³-hybridized carbons (Fsp3) is 0.333. The number of nitrogens with zero attached hydrogens (tertiary/aromatic N) is 1. The second-order valence-corrected chi connectivity index (χ2v) is 2.76. The highest BCUT2D eigenvalue weighted by Gasteiger charge is 2.03. The van der Waals surface area contributed by atoms with Crippen LogP contribution in [0.2, 0.25) is 0 Å². The van der Waals surface area contributed by atoms with Crippen LogP contribution in [0.25, 0.3) is 0 Å². The van der Waals surface area contributed by atoms with Crippen LogP contribution >= 0.6 is 0 Å². The molecule has 0 heterocycles. The van der Waals surface area contributed by atoms with Gasteiger partial charge in [-0.05, 0) is 42.6 Å². The molecule has 1 aromatic rings. The predicted octanol–water partition coefficient (Wildman–Crippen LogP) is 3.01. The fourth-order valence-corrected chi connectivity index (χ4v) is 1.08. The lowest BCUT2D eigenvalue weighted by atomic mass is 10.0. The zero-order valence-electron chi connectivity index (χ0n) is 7.01. The van der Waals surface area contributed by atoms with Crippen molar-refractivity contribution in [2.75, 3.05) is 0 Å². The number of benzene rings is 1. The number of aryl methyl sites for hydroxylation is 2. The van der Waals surface area contributed by atoms with Gasteiger partial charge in [0.15, 0.2) is 0 Å². The first kappa shape index (κ1) is 7.92. The standard InChI is InChI=1S/C9H11NO/c1-6-4-5-7(2)9(10-11)8(6)3/h4-5H,1-3H3. The summed E-state index contributed by atoms with van der Waals surface area (Å²) in [6.45, 7) is 5.78. The largest absolute Gasteiger partial charge is 0.145 e. The maximum Gasteiger partial charge on any atom is 0.114 e. The Balaban J connectivity index is 3.40. The minimum absolute atomic E-state index is 0.588. The lowest BCUT2D eigenvalue weighted by Crippen LogP contribution is -1.83. The Morgan fingerprint density at radius 1 is 1.09 bits per heavy atom. The van der Waals surface area contributed by atoms with Crippen LogP contribution in [0.15, 0.2) is 17.3 Å². The van der Waals surface area contributed by atoms with Gasteiger partial charge in [-0.2, -0.15) is 0 Å². The first-order valence-corrected chi connectivity index (χ1v) is 3.57. The van der Waals surface area contributed by atoms with Gasteiger partial charge in [0.05, 0.1) is 0 Å². The van der Waals surface area contributed by atoms with E-state index in [1.165, 1.54) is 0 Å². The highest BCUT2D eigenvalue weighted by molar-refractivity contribution is 5.54. The smallest absolute Gasteiger partial charge is 0.114 e. The van der Waals surface area contributed by atoms with E-state index in [1.807, 2.05) is 32.9 Å². The van der Waals surface area contributed by atoms with Crippen molar-refractivity contribution < 1.29 is 0 Å². The Labute approximate surface area is 66.2 Å². The Hall–Kier alpha value is -1.18. The summed E-state index contributed by atoms with van der Waals surface area (Å²) in [4.78, 5) is 10.4. The SMILES string of the molecule is Cc1ccc(C)c(N=O)c1C. The fourth-order valence-electron chi connectivity index (χ4n) is 1.08. The van der Waals surface area contributed by atoms with Crippen molar-refractivity contribution >= 4 is 5.69 Å². The van der Waals surface area contributed by atoms with Gasteiger partial charge in [-0.15, -0.1) is 4.91 Å². The summed E-state index contributed by atoms with van der Waals surface area (Å²) in [5.41, 5.74) is 3.64. The summed E-state index contributed by atoms with van der Waals surface area (Å²) < 4.78 is 0. The zero-order chi connectivity index (χ0) is 8.43. The Kier molecular flexibility index (Phi) is 2.03. The van der Waals surface area contributed by atoms with Gasteiger partial charge >= 0.3 is 0 Å². The van der Waals surface area contributed by atoms with Crippen LogP contribution in [0.3, 0.4) is 0 Å². The molecule has 0 radical (unpaired) electrons. The van der Waals surface area contributed by atoms with Gasteiger partial charge in [-0.25, -0.2) is 0 Å². The molecule has 0 aliphatic carbocycles. The number of hydrogen-bond donors (Lipinski definition) is 0. The molecule has 2 heteroatoms. The average molecular weight is 149 g/mol. The molecule has 0 saturated heterocycles. The molecule has 58 valence electrons. The molecule has 0 aliphatic heterocycles. The summed E-state index contributed by atoms with van der Waals surface area (Å²) in [5.74, 6) is 0. The molecule has 0 bridgehead atoms. The van der Waals surface area contributed by atoms with E-state index in [0.717, 1.165) is 16.7 Å². The lowest BCUT2D eigenvalue weighted by Gasteiger charge is -2.03. The molecule has 1 rings (SSSR count). The summed E-state index contributed by atoms with van der Waals surface area (Å²) >= 11 is 0. The maximum absolute atomic E-state index is 10.4. The van der Waals surface area contributed by atoms with E-state index in [-0.39, 0.29) is 0 Å². The van der Waals surface area contributed by atoms with Gasteiger partial charge in [-0.1, -0.05) is 12.1 Å². The highest BCUT2D eigenvalue weighted by Crippen LogP contribution is 2.25. The molecular weight excluding hydrogens is 138 g/mol. The quantitative estimate of drug-likeness (QED) is 0.564. The van der Waals surface area contributed by atoms with E-state index in [9.17, 15) is 4.91 Å². The molecule has 0 aliphatic rings. The van der Waals surface area contributed by atoms with E-state index in [4.69, 9.17) is 0 Å². The second kappa shape index (κ2) is 2.82. The summed E-state index contributed by atoms with van der Waals surface area (Å²) in [6, 6.07) is 3.92. The van der Waals surface area contributed by atoms with Gasteiger partial charge in [0.25, 0.3) is 0 Å². The van der Waals surface area contributed by atoms with Crippen molar-refractivity contribution in [1.29, 1.82) is 0 Å². The minimum Gasteiger partial charge on any atom is -0.145 e. The second-order valence-electron chi connectivity index (χ2n) is 2.76. The van der Waals surface area contributed by atoms with Crippen LogP contribution in [-0.4, -0.2) is 0 Å². The van der Waals surface area contributed by atoms with Gasteiger partial charge < -0.3 is 0 Å². The molecule has 0 saturated carbocycles. The minimum atomic E-state index is 0.588. The lowest BCUT2D eigenvalue weighted by molar-refractivity contribution is 1.26. The van der Waals surface area contributed by atoms with Crippen molar-refractivity contribution in [1.82, 2.24) is 0 Å². The Bertz CT molecular complexity index is 292. The third-order valence-corrected chi connectivity index (χ3v) is 1.99. The van der Waals surface area contributed by atoms with Gasteiger partial charge in [-0.3, -0.25) is 0 Å². The first-order valence-electron chi connectivity index (χ1n) is 3.57. The monoisotopic (exact) mass is 149 g/mol. The summed E-state index contributed by atoms with van der Waals surface area (Å²) in [6.07, 6.45) is 0. The third kappa shape index (κ3) is 1.29. The van der Waals surface area contributed by atoms with E-state index in [2.05, 4.69) is 5.18 Å². The van der Waals surface area contributed by atoms with Gasteiger partial charge in [0.2, 0.25) is 0 Å². The van der Waals surface area contributed by atoms with Crippen LogP contribution in [0.4, 0.5) is 5.69 Å². The highest BCUT2D eigenvalue weighted by atomic mass is 16.3. The molecule has 0 atom stereocenters. The van der Waals surface area contributed by atoms with Crippen LogP contribution in [-0.2, 0) is 0 Å². The van der Waals surface area contributed by atoms with E-state index >= 15 is 0 Å². The number of rotatable bonds is 1. The van der Waals surface area contributed by atoms with Crippen LogP contribution < -0.4 is 0 Å². The summed E-state index contributed by atoms with van der Waals surface area (Å²) in [7, 11) is 0. The topological polar surface area (TPSA) is 29.4 Å². The maximum atomic E-state index is 10.4. The average Bonchev–Trinajstić information content (AvgIpc) is 1.99. The number of hydrogen-bond acceptors (Lipinski definition) is 2. The molecule has 0 unspecified atom stereocenters. The molecule has 11 heavy (non-hydrogen) atoms. The molecular formula is C9H11NO. The van der Waals surface area contributed by atoms with E-state index < -0.39 is 0 Å². The van der Waals surface area contributed by atoms with Gasteiger partial charge in [0, 0.05) is 0 Å². The zero-order valence-corrected chi connectivity index (χ0v) is 7.01. The van der Waals surface area contributed by atoms with Crippen molar-refractivity contribution in [2.45, 2.75) is 20.8 Å². The van der Waals surface area contributed by atoms with Crippen LogP contribution in [0, 0.1) is 25.7 Å². The molecule has 0 spiro atoms. The van der Waals surface area contributed by atoms with E-state index in [0.29, 0.717) is 5.69 Å². The normalized spacial score (nSPS) is 9.73. The molecule has 0 amide bonds. The number of nitroso groups, excluding NO2 is 1. The van der Waals surface area contributed by atoms with Crippen molar-refractivity contribution in [3.8, 4) is 0 Å². The van der Waals surface area contributed by atoms with Crippen LogP contribution in [0.5, 0.6) is 0 Å². The summed E-state index contributed by atoms with van der Waals surface area (Å²) in [5, 5.41) is 2.98. The predicted molar refractivity (Wildman–Crippen MR) is 46.1 cm³/mol. The van der Waals surface area contributed by atoms with Crippen LogP contribution in [0.1, 0.15) is 16.7 Å². The molecule has 1 aromatic carbocycles. The Morgan fingerprint density at radius 2 is 1.64 bits per heavy atom. The third-order valence-electron chi connectivity index (χ3n) is 1.99. The molecule has 0 aromatic heterocycles. The molecule has 2 nitrogen and oxygen atoms in total. The van der Waals surface area contributed by atoms with Crippen molar-refractivity contribution in [2.24, 2.45) is 5.18 Å². The molecule has 0 fully saturated rings. The van der Waals surface area contributed by atoms with Crippen molar-refractivity contribution in [3.05, 3.63) is 33.7 Å². The molecule has 0 N–H and O–H groups in total. The first-order chi connectivity index (χ1) is 5.16. The van der Waals surface area contributed by atoms with E-state index in [1.54, 1.807) is 0 Å². The van der Waals surface area contributed by atoms with Gasteiger partial charge in [0.1, 0.15) is 5.69 Å². The Morgan fingerprint density at radius 3 is 2.09 bits per heavy atom. The van der Waals surface area contributed by atoms with Crippen molar-refractivity contribution in [3.63, 3.8) is 0 Å².